The Labute approximate surface area is 149 Å². The summed E-state index contributed by atoms with van der Waals surface area (Å²) < 4.78 is 0. The Hall–Kier alpha value is -2.50. The van der Waals surface area contributed by atoms with Gasteiger partial charge >= 0.3 is 12.1 Å². The average molecular weight is 342 g/mol. The quantitative estimate of drug-likeness (QED) is 0.828. The zero-order chi connectivity index (χ0) is 18.3. The van der Waals surface area contributed by atoms with Crippen LogP contribution in [0.4, 0.5) is 9.59 Å². The van der Waals surface area contributed by atoms with E-state index >= 15 is 0 Å². The van der Waals surface area contributed by atoms with E-state index in [9.17, 15) is 9.59 Å². The van der Waals surface area contributed by atoms with E-state index in [2.05, 4.69) is 19.1 Å². The molecule has 0 spiro atoms. The van der Waals surface area contributed by atoms with E-state index in [1.54, 1.807) is 33.7 Å². The standard InChI is InChI=1S/C19H26N4O2/c1-13-16-15(12-11-14-9-7-6-8-10-14)21(3)19(25)23(5)17(16)22(4)18(24)20(13)2/h6-13,15-17H,1-5H3/b12-11+/t13-,15+,16-,17+/m1/s1. The van der Waals surface area contributed by atoms with Crippen molar-refractivity contribution in [2.75, 3.05) is 28.2 Å². The number of carbonyl (C=O) groups is 2. The lowest BCUT2D eigenvalue weighted by Crippen LogP contribution is -2.73. The number of likely N-dealkylation sites (N-methyl/N-ethyl adjacent to an activating group) is 1. The second-order valence-electron chi connectivity index (χ2n) is 7.00. The second-order valence-corrected chi connectivity index (χ2v) is 7.00. The maximum atomic E-state index is 12.7. The molecule has 1 aromatic carbocycles. The summed E-state index contributed by atoms with van der Waals surface area (Å²) in [5, 5.41) is 0. The summed E-state index contributed by atoms with van der Waals surface area (Å²) in [5.74, 6) is 0.0976. The van der Waals surface area contributed by atoms with Crippen molar-refractivity contribution in [3.05, 3.63) is 42.0 Å². The molecule has 0 aromatic heterocycles. The van der Waals surface area contributed by atoms with Crippen molar-refractivity contribution < 1.29 is 9.59 Å². The van der Waals surface area contributed by atoms with E-state index in [1.807, 2.05) is 44.4 Å². The topological polar surface area (TPSA) is 47.1 Å². The van der Waals surface area contributed by atoms with Gasteiger partial charge in [-0.05, 0) is 12.5 Å². The summed E-state index contributed by atoms with van der Waals surface area (Å²) in [7, 11) is 7.21. The van der Waals surface area contributed by atoms with E-state index in [4.69, 9.17) is 0 Å². The minimum absolute atomic E-state index is 0.0251. The van der Waals surface area contributed by atoms with Crippen LogP contribution in [0, 0.1) is 5.92 Å². The fraction of sp³-hybridized carbons (Fsp3) is 0.474. The molecule has 4 amide bonds. The summed E-state index contributed by atoms with van der Waals surface area (Å²) in [6, 6.07) is 9.87. The van der Waals surface area contributed by atoms with Crippen LogP contribution in [-0.4, -0.2) is 78.1 Å². The van der Waals surface area contributed by atoms with E-state index in [0.717, 1.165) is 5.56 Å². The highest BCUT2D eigenvalue weighted by molar-refractivity contribution is 5.80. The van der Waals surface area contributed by atoms with E-state index in [1.165, 1.54) is 0 Å². The molecule has 2 aliphatic heterocycles. The highest BCUT2D eigenvalue weighted by Gasteiger charge is 2.52. The van der Waals surface area contributed by atoms with Gasteiger partial charge in [0.05, 0.1) is 6.04 Å². The predicted molar refractivity (Wildman–Crippen MR) is 97.8 cm³/mol. The molecule has 0 N–H and O–H groups in total. The molecule has 2 saturated heterocycles. The van der Waals surface area contributed by atoms with Gasteiger partial charge in [-0.1, -0.05) is 42.5 Å². The molecule has 6 heteroatoms. The Balaban J connectivity index is 1.99. The van der Waals surface area contributed by atoms with Gasteiger partial charge in [-0.3, -0.25) is 0 Å². The molecule has 0 radical (unpaired) electrons. The first-order chi connectivity index (χ1) is 11.8. The highest BCUT2D eigenvalue weighted by atomic mass is 16.2. The molecule has 2 aliphatic rings. The van der Waals surface area contributed by atoms with Crippen molar-refractivity contribution >= 4 is 18.1 Å². The van der Waals surface area contributed by atoms with E-state index in [-0.39, 0.29) is 36.2 Å². The van der Waals surface area contributed by atoms with Gasteiger partial charge in [0, 0.05) is 40.2 Å². The van der Waals surface area contributed by atoms with Crippen molar-refractivity contribution in [1.29, 1.82) is 0 Å². The summed E-state index contributed by atoms with van der Waals surface area (Å²) in [5.41, 5.74) is 1.10. The largest absolute Gasteiger partial charge is 0.324 e. The Morgan fingerprint density at radius 2 is 1.40 bits per heavy atom. The third-order valence-corrected chi connectivity index (χ3v) is 5.64. The molecule has 0 unspecified atom stereocenters. The number of nitrogens with zero attached hydrogens (tertiary/aromatic N) is 4. The molecule has 1 aromatic rings. The number of urea groups is 2. The summed E-state index contributed by atoms with van der Waals surface area (Å²) in [6.45, 7) is 2.06. The number of carbonyl (C=O) groups excluding carboxylic acids is 2. The second kappa shape index (κ2) is 6.43. The number of hydrogen-bond donors (Lipinski definition) is 0. The first kappa shape index (κ1) is 17.3. The van der Waals surface area contributed by atoms with E-state index < -0.39 is 0 Å². The molecule has 4 atom stereocenters. The molecule has 0 saturated carbocycles. The molecule has 25 heavy (non-hydrogen) atoms. The summed E-state index contributed by atoms with van der Waals surface area (Å²) in [4.78, 5) is 32.1. The van der Waals surface area contributed by atoms with Crippen LogP contribution in [0.25, 0.3) is 6.08 Å². The maximum Gasteiger partial charge on any atom is 0.321 e. The van der Waals surface area contributed by atoms with E-state index in [0.29, 0.717) is 0 Å². The van der Waals surface area contributed by atoms with Gasteiger partial charge in [0.25, 0.3) is 0 Å². The zero-order valence-electron chi connectivity index (χ0n) is 15.5. The third kappa shape index (κ3) is 2.75. The van der Waals surface area contributed by atoms with Crippen LogP contribution >= 0.6 is 0 Å². The molecule has 134 valence electrons. The van der Waals surface area contributed by atoms with Gasteiger partial charge in [0.1, 0.15) is 6.17 Å². The number of benzene rings is 1. The highest BCUT2D eigenvalue weighted by Crippen LogP contribution is 2.36. The molecular weight excluding hydrogens is 316 g/mol. The summed E-state index contributed by atoms with van der Waals surface area (Å²) >= 11 is 0. The fourth-order valence-electron chi connectivity index (χ4n) is 4.06. The normalized spacial score (nSPS) is 30.3. The molecule has 2 fully saturated rings. The lowest BCUT2D eigenvalue weighted by molar-refractivity contribution is -0.0534. The first-order valence-electron chi connectivity index (χ1n) is 8.57. The molecule has 2 heterocycles. The van der Waals surface area contributed by atoms with Gasteiger partial charge in [0.15, 0.2) is 0 Å². The SMILES string of the molecule is C[C@@H]1[C@H]2[C@@H](N(C)C(=O)N1C)N(C)C(=O)N(C)[C@H]2/C=C/c1ccccc1. The lowest BCUT2D eigenvalue weighted by Gasteiger charge is -2.57. The smallest absolute Gasteiger partial charge is 0.321 e. The predicted octanol–water partition coefficient (Wildman–Crippen LogP) is 2.39. The minimum Gasteiger partial charge on any atom is -0.324 e. The van der Waals surface area contributed by atoms with Gasteiger partial charge in [-0.2, -0.15) is 0 Å². The van der Waals surface area contributed by atoms with Crippen molar-refractivity contribution in [3.63, 3.8) is 0 Å². The molecule has 0 bridgehead atoms. The van der Waals surface area contributed by atoms with Crippen LogP contribution in [0.5, 0.6) is 0 Å². The minimum atomic E-state index is -0.243. The van der Waals surface area contributed by atoms with Crippen LogP contribution in [0.2, 0.25) is 0 Å². The lowest BCUT2D eigenvalue weighted by atomic mass is 9.82. The van der Waals surface area contributed by atoms with Gasteiger partial charge in [-0.15, -0.1) is 0 Å². The van der Waals surface area contributed by atoms with Crippen LogP contribution in [0.15, 0.2) is 36.4 Å². The molecular formula is C19H26N4O2. The monoisotopic (exact) mass is 342 g/mol. The average Bonchev–Trinajstić information content (AvgIpc) is 2.62. The van der Waals surface area contributed by atoms with Crippen LogP contribution in [0.1, 0.15) is 12.5 Å². The molecule has 6 nitrogen and oxygen atoms in total. The zero-order valence-corrected chi connectivity index (χ0v) is 15.5. The van der Waals surface area contributed by atoms with Crippen molar-refractivity contribution in [1.82, 2.24) is 19.6 Å². The molecule has 3 rings (SSSR count). The Morgan fingerprint density at radius 1 is 0.840 bits per heavy atom. The van der Waals surface area contributed by atoms with Gasteiger partial charge in [0.2, 0.25) is 0 Å². The Bertz CT molecular complexity index is 686. The number of hydrogen-bond acceptors (Lipinski definition) is 2. The van der Waals surface area contributed by atoms with Gasteiger partial charge < -0.3 is 19.6 Å². The summed E-state index contributed by atoms with van der Waals surface area (Å²) in [6.07, 6.45) is 3.90. The van der Waals surface area contributed by atoms with Crippen molar-refractivity contribution in [3.8, 4) is 0 Å². The Kier molecular flexibility index (Phi) is 4.45. The maximum absolute atomic E-state index is 12.7. The fourth-order valence-corrected chi connectivity index (χ4v) is 4.06. The first-order valence-corrected chi connectivity index (χ1v) is 8.57. The van der Waals surface area contributed by atoms with Gasteiger partial charge in [-0.25, -0.2) is 9.59 Å². The van der Waals surface area contributed by atoms with Crippen LogP contribution < -0.4 is 0 Å². The third-order valence-electron chi connectivity index (χ3n) is 5.64. The van der Waals surface area contributed by atoms with Crippen LogP contribution in [-0.2, 0) is 0 Å². The van der Waals surface area contributed by atoms with Crippen LogP contribution in [0.3, 0.4) is 0 Å². The Morgan fingerprint density at radius 3 is 2.00 bits per heavy atom. The van der Waals surface area contributed by atoms with Crippen molar-refractivity contribution in [2.24, 2.45) is 5.92 Å². The van der Waals surface area contributed by atoms with Crippen molar-refractivity contribution in [2.45, 2.75) is 25.2 Å². The number of rotatable bonds is 2. The number of fused-ring (bicyclic) bond motifs is 1. The number of amides is 4. The molecule has 0 aliphatic carbocycles.